The van der Waals surface area contributed by atoms with Gasteiger partial charge in [-0.15, -0.1) is 0 Å². The lowest BCUT2D eigenvalue weighted by Crippen LogP contribution is -2.33. The Balaban J connectivity index is 1.88. The second-order valence-corrected chi connectivity index (χ2v) is 6.28. The summed E-state index contributed by atoms with van der Waals surface area (Å²) in [7, 11) is 0. The highest BCUT2D eigenvalue weighted by Crippen LogP contribution is 2.10. The fourth-order valence-corrected chi connectivity index (χ4v) is 2.19. The average molecular weight is 353 g/mol. The molecule has 2 aromatic carbocycles. The van der Waals surface area contributed by atoms with Gasteiger partial charge >= 0.3 is 0 Å². The molecule has 26 heavy (non-hydrogen) atoms. The van der Waals surface area contributed by atoms with Crippen LogP contribution < -0.4 is 16.0 Å². The first-order valence-corrected chi connectivity index (χ1v) is 8.47. The lowest BCUT2D eigenvalue weighted by Gasteiger charge is -2.10. The van der Waals surface area contributed by atoms with Crippen molar-refractivity contribution < 1.29 is 14.4 Å². The molecule has 0 aliphatic heterocycles. The van der Waals surface area contributed by atoms with E-state index in [0.29, 0.717) is 29.3 Å². The van der Waals surface area contributed by atoms with Crippen molar-refractivity contribution in [3.8, 4) is 0 Å². The fourth-order valence-electron chi connectivity index (χ4n) is 2.19. The van der Waals surface area contributed by atoms with Crippen LogP contribution >= 0.6 is 0 Å². The van der Waals surface area contributed by atoms with Gasteiger partial charge in [-0.05, 0) is 36.2 Å². The number of hydrogen-bond acceptors (Lipinski definition) is 3. The molecule has 3 amide bonds. The summed E-state index contributed by atoms with van der Waals surface area (Å²) in [6.07, 6.45) is 0. The second kappa shape index (κ2) is 9.36. The van der Waals surface area contributed by atoms with E-state index in [1.165, 1.54) is 0 Å². The van der Waals surface area contributed by atoms with Crippen molar-refractivity contribution >= 4 is 23.4 Å². The van der Waals surface area contributed by atoms with Crippen molar-refractivity contribution in [1.82, 2.24) is 10.6 Å². The van der Waals surface area contributed by atoms with Crippen LogP contribution in [0.25, 0.3) is 0 Å². The fraction of sp³-hybridized carbons (Fsp3) is 0.250. The number of benzene rings is 2. The molecule has 0 aliphatic rings. The van der Waals surface area contributed by atoms with E-state index in [2.05, 4.69) is 16.0 Å². The monoisotopic (exact) mass is 353 g/mol. The van der Waals surface area contributed by atoms with Gasteiger partial charge in [-0.1, -0.05) is 38.1 Å². The van der Waals surface area contributed by atoms with Crippen molar-refractivity contribution in [2.75, 3.05) is 18.4 Å². The Hall–Kier alpha value is -3.15. The van der Waals surface area contributed by atoms with Crippen molar-refractivity contribution in [2.45, 2.75) is 13.8 Å². The predicted molar refractivity (Wildman–Crippen MR) is 101 cm³/mol. The lowest BCUT2D eigenvalue weighted by molar-refractivity contribution is -0.115. The summed E-state index contributed by atoms with van der Waals surface area (Å²) in [5.74, 6) is -0.515. The zero-order valence-electron chi connectivity index (χ0n) is 14.9. The van der Waals surface area contributed by atoms with E-state index in [9.17, 15) is 14.4 Å². The number of hydrogen-bond donors (Lipinski definition) is 3. The van der Waals surface area contributed by atoms with E-state index in [4.69, 9.17) is 0 Å². The van der Waals surface area contributed by atoms with Crippen LogP contribution in [-0.2, 0) is 4.79 Å². The smallest absolute Gasteiger partial charge is 0.251 e. The molecular formula is C20H23N3O3. The van der Waals surface area contributed by atoms with Crippen LogP contribution in [-0.4, -0.2) is 30.8 Å². The molecule has 0 fully saturated rings. The SMILES string of the molecule is CC(C)CNC(=O)c1cccc(NC(=O)CNC(=O)c2ccccc2)c1. The third-order valence-corrected chi connectivity index (χ3v) is 3.52. The standard InChI is InChI=1S/C20H23N3O3/c1-14(2)12-21-20(26)16-9-6-10-17(11-16)23-18(24)13-22-19(25)15-7-4-3-5-8-15/h3-11,14H,12-13H2,1-2H3,(H,21,26)(H,22,25)(H,23,24). The van der Waals surface area contributed by atoms with Crippen molar-refractivity contribution in [3.05, 3.63) is 65.7 Å². The first-order chi connectivity index (χ1) is 12.5. The summed E-state index contributed by atoms with van der Waals surface area (Å²) in [6.45, 7) is 4.46. The highest BCUT2D eigenvalue weighted by Gasteiger charge is 2.10. The van der Waals surface area contributed by atoms with Crippen LogP contribution in [0.5, 0.6) is 0 Å². The van der Waals surface area contributed by atoms with Gasteiger partial charge in [-0.3, -0.25) is 14.4 Å². The van der Waals surface area contributed by atoms with Gasteiger partial charge in [0.25, 0.3) is 11.8 Å². The van der Waals surface area contributed by atoms with Crippen LogP contribution in [0.4, 0.5) is 5.69 Å². The highest BCUT2D eigenvalue weighted by atomic mass is 16.2. The predicted octanol–water partition coefficient (Wildman–Crippen LogP) is 2.44. The van der Waals surface area contributed by atoms with Gasteiger partial charge in [0.15, 0.2) is 0 Å². The summed E-state index contributed by atoms with van der Waals surface area (Å²) < 4.78 is 0. The third-order valence-electron chi connectivity index (χ3n) is 3.52. The maximum Gasteiger partial charge on any atom is 0.251 e. The van der Waals surface area contributed by atoms with Crippen LogP contribution in [0.2, 0.25) is 0 Å². The lowest BCUT2D eigenvalue weighted by atomic mass is 10.1. The molecule has 0 saturated carbocycles. The summed E-state index contributed by atoms with van der Waals surface area (Å²) in [5, 5.41) is 8.06. The first kappa shape index (κ1) is 19.2. The molecule has 2 rings (SSSR count). The molecule has 0 aromatic heterocycles. The largest absolute Gasteiger partial charge is 0.352 e. The van der Waals surface area contributed by atoms with E-state index < -0.39 is 0 Å². The Morgan fingerprint density at radius 1 is 0.846 bits per heavy atom. The van der Waals surface area contributed by atoms with Crippen molar-refractivity contribution in [2.24, 2.45) is 5.92 Å². The van der Waals surface area contributed by atoms with Gasteiger partial charge in [0.1, 0.15) is 0 Å². The minimum Gasteiger partial charge on any atom is -0.352 e. The van der Waals surface area contributed by atoms with Gasteiger partial charge in [0.2, 0.25) is 5.91 Å². The normalized spacial score (nSPS) is 10.3. The third kappa shape index (κ3) is 6.05. The molecule has 0 saturated heterocycles. The van der Waals surface area contributed by atoms with Gasteiger partial charge in [0.05, 0.1) is 6.54 Å². The minimum atomic E-state index is -0.367. The first-order valence-electron chi connectivity index (χ1n) is 8.47. The summed E-state index contributed by atoms with van der Waals surface area (Å²) in [4.78, 5) is 36.0. The van der Waals surface area contributed by atoms with Gasteiger partial charge < -0.3 is 16.0 Å². The molecule has 0 aliphatic carbocycles. The quantitative estimate of drug-likeness (QED) is 0.714. The van der Waals surface area contributed by atoms with Crippen molar-refractivity contribution in [3.63, 3.8) is 0 Å². The molecule has 6 heteroatoms. The van der Waals surface area contributed by atoms with E-state index >= 15 is 0 Å². The van der Waals surface area contributed by atoms with E-state index in [-0.39, 0.29) is 24.3 Å². The van der Waals surface area contributed by atoms with Crippen LogP contribution in [0.3, 0.4) is 0 Å². The van der Waals surface area contributed by atoms with E-state index in [1.807, 2.05) is 19.9 Å². The average Bonchev–Trinajstić information content (AvgIpc) is 2.65. The molecule has 3 N–H and O–H groups in total. The maximum atomic E-state index is 12.1. The summed E-state index contributed by atoms with van der Waals surface area (Å²) in [6, 6.07) is 15.3. The number of carbonyl (C=O) groups excluding carboxylic acids is 3. The Morgan fingerprint density at radius 3 is 2.19 bits per heavy atom. The minimum absolute atomic E-state index is 0.155. The van der Waals surface area contributed by atoms with E-state index in [1.54, 1.807) is 48.5 Å². The molecule has 0 heterocycles. The molecule has 136 valence electrons. The molecule has 0 atom stereocenters. The zero-order chi connectivity index (χ0) is 18.9. The number of anilines is 1. The van der Waals surface area contributed by atoms with Crippen molar-refractivity contribution in [1.29, 1.82) is 0 Å². The van der Waals surface area contributed by atoms with Gasteiger partial charge in [-0.25, -0.2) is 0 Å². The highest BCUT2D eigenvalue weighted by molar-refractivity contribution is 6.00. The molecule has 0 spiro atoms. The maximum absolute atomic E-state index is 12.1. The Morgan fingerprint density at radius 2 is 1.50 bits per heavy atom. The molecule has 2 aromatic rings. The molecule has 0 radical (unpaired) electrons. The van der Waals surface area contributed by atoms with Crippen LogP contribution in [0, 0.1) is 5.92 Å². The number of amides is 3. The Bertz CT molecular complexity index is 773. The van der Waals surface area contributed by atoms with Gasteiger partial charge in [-0.2, -0.15) is 0 Å². The van der Waals surface area contributed by atoms with E-state index in [0.717, 1.165) is 0 Å². The van der Waals surface area contributed by atoms with Crippen LogP contribution in [0.1, 0.15) is 34.6 Å². The Labute approximate surface area is 153 Å². The number of nitrogens with one attached hydrogen (secondary N) is 3. The zero-order valence-corrected chi connectivity index (χ0v) is 14.9. The summed E-state index contributed by atoms with van der Waals surface area (Å²) in [5.41, 5.74) is 1.46. The van der Waals surface area contributed by atoms with Gasteiger partial charge in [0, 0.05) is 23.4 Å². The second-order valence-electron chi connectivity index (χ2n) is 6.28. The number of rotatable bonds is 7. The Kier molecular flexibility index (Phi) is 6.91. The van der Waals surface area contributed by atoms with Crippen LogP contribution in [0.15, 0.2) is 54.6 Å². The summed E-state index contributed by atoms with van der Waals surface area (Å²) >= 11 is 0. The molecular weight excluding hydrogens is 330 g/mol. The molecule has 6 nitrogen and oxygen atoms in total. The molecule has 0 unspecified atom stereocenters. The number of carbonyl (C=O) groups is 3. The molecule has 0 bridgehead atoms. The topological polar surface area (TPSA) is 87.3 Å².